The number of hydrazine groups is 1. The van der Waals surface area contributed by atoms with Crippen molar-refractivity contribution in [1.29, 1.82) is 0 Å². The largest absolute Gasteiger partial charge is 0.352 e. The molecule has 1 rings (SSSR count). The molecular formula is C13H16F4N4O2. The summed E-state index contributed by atoms with van der Waals surface area (Å²) in [5.41, 5.74) is 7.41. The van der Waals surface area contributed by atoms with Crippen LogP contribution in [0.4, 0.5) is 28.0 Å². The number of anilines is 1. The Morgan fingerprint density at radius 3 is 2.13 bits per heavy atom. The van der Waals surface area contributed by atoms with Crippen LogP contribution >= 0.6 is 0 Å². The van der Waals surface area contributed by atoms with Crippen LogP contribution in [0.2, 0.25) is 0 Å². The SMILES string of the molecule is CC[C@H](C)[C@H](NC(N)=O)C(=O)NNc1c(F)c(F)cc(F)c1F. The normalized spacial score (nSPS) is 13.1. The van der Waals surface area contributed by atoms with Gasteiger partial charge >= 0.3 is 6.03 Å². The van der Waals surface area contributed by atoms with Crippen molar-refractivity contribution in [3.8, 4) is 0 Å². The molecular weight excluding hydrogens is 320 g/mol. The predicted octanol–water partition coefficient (Wildman–Crippen LogP) is 1.77. The first-order chi connectivity index (χ1) is 10.7. The van der Waals surface area contributed by atoms with Crippen molar-refractivity contribution in [3.05, 3.63) is 29.3 Å². The predicted molar refractivity (Wildman–Crippen MR) is 74.0 cm³/mol. The Labute approximate surface area is 129 Å². The lowest BCUT2D eigenvalue weighted by atomic mass is 9.99. The quantitative estimate of drug-likeness (QED) is 0.362. The number of carbonyl (C=O) groups excluding carboxylic acids is 2. The van der Waals surface area contributed by atoms with Crippen LogP contribution in [0.5, 0.6) is 0 Å². The van der Waals surface area contributed by atoms with Gasteiger partial charge in [0, 0.05) is 6.07 Å². The summed E-state index contributed by atoms with van der Waals surface area (Å²) in [6.45, 7) is 3.37. The van der Waals surface area contributed by atoms with Crippen LogP contribution in [-0.4, -0.2) is 18.0 Å². The van der Waals surface area contributed by atoms with Crippen LogP contribution in [0.3, 0.4) is 0 Å². The van der Waals surface area contributed by atoms with Gasteiger partial charge in [-0.25, -0.2) is 22.4 Å². The van der Waals surface area contributed by atoms with Crippen molar-refractivity contribution in [2.24, 2.45) is 11.7 Å². The molecule has 0 heterocycles. The number of benzene rings is 1. The van der Waals surface area contributed by atoms with Gasteiger partial charge in [0.25, 0.3) is 5.91 Å². The number of nitrogens with one attached hydrogen (secondary N) is 3. The van der Waals surface area contributed by atoms with E-state index in [2.05, 4.69) is 5.32 Å². The molecule has 10 heteroatoms. The van der Waals surface area contributed by atoms with Gasteiger partial charge in [-0.2, -0.15) is 0 Å². The van der Waals surface area contributed by atoms with Gasteiger partial charge in [-0.15, -0.1) is 0 Å². The highest BCUT2D eigenvalue weighted by Gasteiger charge is 2.26. The molecule has 0 unspecified atom stereocenters. The summed E-state index contributed by atoms with van der Waals surface area (Å²) in [5, 5.41) is 2.17. The first-order valence-electron chi connectivity index (χ1n) is 6.63. The Morgan fingerprint density at radius 1 is 1.17 bits per heavy atom. The minimum absolute atomic E-state index is 0.0360. The van der Waals surface area contributed by atoms with E-state index in [9.17, 15) is 27.2 Å². The minimum atomic E-state index is -1.70. The molecule has 0 saturated carbocycles. The maximum absolute atomic E-state index is 13.4. The molecule has 0 saturated heterocycles. The number of hydrogen-bond acceptors (Lipinski definition) is 3. The van der Waals surface area contributed by atoms with E-state index in [0.29, 0.717) is 6.42 Å². The maximum Gasteiger partial charge on any atom is 0.312 e. The van der Waals surface area contributed by atoms with Crippen LogP contribution < -0.4 is 21.9 Å². The van der Waals surface area contributed by atoms with Gasteiger partial charge in [0.05, 0.1) is 0 Å². The molecule has 0 spiro atoms. The Bertz CT molecular complexity index is 586. The zero-order chi connectivity index (χ0) is 17.7. The van der Waals surface area contributed by atoms with Gasteiger partial charge in [-0.3, -0.25) is 15.6 Å². The summed E-state index contributed by atoms with van der Waals surface area (Å²) in [4.78, 5) is 22.9. The molecule has 23 heavy (non-hydrogen) atoms. The highest BCUT2D eigenvalue weighted by atomic mass is 19.2. The van der Waals surface area contributed by atoms with E-state index >= 15 is 0 Å². The van der Waals surface area contributed by atoms with E-state index in [1.807, 2.05) is 5.43 Å². The molecule has 0 radical (unpaired) electrons. The number of primary amides is 1. The number of carbonyl (C=O) groups is 2. The lowest BCUT2D eigenvalue weighted by Crippen LogP contribution is -2.53. The smallest absolute Gasteiger partial charge is 0.312 e. The fourth-order valence-electron chi connectivity index (χ4n) is 1.74. The lowest BCUT2D eigenvalue weighted by molar-refractivity contribution is -0.123. The first-order valence-corrected chi connectivity index (χ1v) is 6.63. The number of halogens is 4. The highest BCUT2D eigenvalue weighted by molar-refractivity contribution is 5.87. The Morgan fingerprint density at radius 2 is 1.70 bits per heavy atom. The fourth-order valence-corrected chi connectivity index (χ4v) is 1.74. The molecule has 0 aliphatic rings. The monoisotopic (exact) mass is 336 g/mol. The molecule has 3 amide bonds. The molecule has 0 bridgehead atoms. The second-order valence-electron chi connectivity index (χ2n) is 4.83. The van der Waals surface area contributed by atoms with Crippen LogP contribution in [0.25, 0.3) is 0 Å². The summed E-state index contributed by atoms with van der Waals surface area (Å²) in [5.74, 6) is -7.91. The molecule has 6 nitrogen and oxygen atoms in total. The van der Waals surface area contributed by atoms with Crippen molar-refractivity contribution in [1.82, 2.24) is 10.7 Å². The molecule has 0 aromatic heterocycles. The van der Waals surface area contributed by atoms with Gasteiger partial charge in [0.15, 0.2) is 23.3 Å². The van der Waals surface area contributed by atoms with Crippen molar-refractivity contribution in [2.75, 3.05) is 5.43 Å². The number of rotatable bonds is 6. The summed E-state index contributed by atoms with van der Waals surface area (Å²) in [6.07, 6.45) is 0.482. The molecule has 5 N–H and O–H groups in total. The second kappa shape index (κ2) is 7.65. The molecule has 128 valence electrons. The third-order valence-electron chi connectivity index (χ3n) is 3.22. The van der Waals surface area contributed by atoms with Crippen LogP contribution in [0, 0.1) is 29.2 Å². The number of hydrogen-bond donors (Lipinski definition) is 4. The topological polar surface area (TPSA) is 96.2 Å². The summed E-state index contributed by atoms with van der Waals surface area (Å²) >= 11 is 0. The molecule has 1 aromatic rings. The van der Waals surface area contributed by atoms with Crippen LogP contribution in [-0.2, 0) is 4.79 Å². The Balaban J connectivity index is 2.92. The van der Waals surface area contributed by atoms with E-state index in [0.717, 1.165) is 0 Å². The maximum atomic E-state index is 13.4. The van der Waals surface area contributed by atoms with Gasteiger partial charge in [-0.1, -0.05) is 20.3 Å². The minimum Gasteiger partial charge on any atom is -0.352 e. The summed E-state index contributed by atoms with van der Waals surface area (Å²) < 4.78 is 53.0. The average Bonchev–Trinajstić information content (AvgIpc) is 2.49. The number of amides is 3. The Hall–Kier alpha value is -2.52. The van der Waals surface area contributed by atoms with E-state index in [1.165, 1.54) is 0 Å². The highest BCUT2D eigenvalue weighted by Crippen LogP contribution is 2.23. The molecule has 0 fully saturated rings. The molecule has 1 aromatic carbocycles. The molecule has 2 atom stereocenters. The fraction of sp³-hybridized carbons (Fsp3) is 0.385. The van der Waals surface area contributed by atoms with E-state index in [1.54, 1.807) is 19.3 Å². The van der Waals surface area contributed by atoms with Crippen molar-refractivity contribution in [3.63, 3.8) is 0 Å². The van der Waals surface area contributed by atoms with Gasteiger partial charge < -0.3 is 11.1 Å². The van der Waals surface area contributed by atoms with E-state index in [-0.39, 0.29) is 12.0 Å². The first kappa shape index (κ1) is 18.5. The standard InChI is InChI=1S/C13H16F4N4O2/c1-3-5(2)10(19-13(18)23)12(22)21-20-11-8(16)6(14)4-7(15)9(11)17/h4-5,10,20H,3H2,1-2H3,(H,21,22)(H3,18,19,23)/t5-,10-/m0/s1. The molecule has 0 aliphatic carbocycles. The van der Waals surface area contributed by atoms with E-state index in [4.69, 9.17) is 5.73 Å². The van der Waals surface area contributed by atoms with Gasteiger partial charge in [-0.05, 0) is 5.92 Å². The van der Waals surface area contributed by atoms with Gasteiger partial charge in [0.1, 0.15) is 11.7 Å². The van der Waals surface area contributed by atoms with Crippen molar-refractivity contribution in [2.45, 2.75) is 26.3 Å². The summed E-state index contributed by atoms with van der Waals surface area (Å²) in [7, 11) is 0. The summed E-state index contributed by atoms with van der Waals surface area (Å²) in [6, 6.07) is -2.04. The zero-order valence-corrected chi connectivity index (χ0v) is 12.3. The number of urea groups is 1. The third-order valence-corrected chi connectivity index (χ3v) is 3.22. The Kier molecular flexibility index (Phi) is 6.17. The zero-order valence-electron chi connectivity index (χ0n) is 12.3. The number of nitrogens with two attached hydrogens (primary N) is 1. The van der Waals surface area contributed by atoms with Crippen LogP contribution in [0.1, 0.15) is 20.3 Å². The van der Waals surface area contributed by atoms with Crippen molar-refractivity contribution < 1.29 is 27.2 Å². The van der Waals surface area contributed by atoms with Crippen LogP contribution in [0.15, 0.2) is 6.07 Å². The molecule has 0 aliphatic heterocycles. The van der Waals surface area contributed by atoms with E-state index < -0.39 is 46.9 Å². The van der Waals surface area contributed by atoms with Crippen molar-refractivity contribution >= 4 is 17.6 Å². The second-order valence-corrected chi connectivity index (χ2v) is 4.83. The lowest BCUT2D eigenvalue weighted by Gasteiger charge is -2.23. The average molecular weight is 336 g/mol. The van der Waals surface area contributed by atoms with Gasteiger partial charge in [0.2, 0.25) is 0 Å². The third kappa shape index (κ3) is 4.47.